The first-order chi connectivity index (χ1) is 17.6. The van der Waals surface area contributed by atoms with E-state index in [1.807, 2.05) is 13.0 Å². The van der Waals surface area contributed by atoms with E-state index in [1.165, 1.54) is 12.1 Å². The van der Waals surface area contributed by atoms with Crippen LogP contribution in [0.15, 0.2) is 101 Å². The van der Waals surface area contributed by atoms with Gasteiger partial charge in [-0.05, 0) is 61.5 Å². The molecular formula is C27H19F3N2O4S. The highest BCUT2D eigenvalue weighted by molar-refractivity contribution is 7.99. The van der Waals surface area contributed by atoms with Crippen LogP contribution >= 0.6 is 11.8 Å². The van der Waals surface area contributed by atoms with Gasteiger partial charge in [-0.3, -0.25) is 14.9 Å². The third-order valence-electron chi connectivity index (χ3n) is 5.19. The van der Waals surface area contributed by atoms with Gasteiger partial charge in [-0.25, -0.2) is 0 Å². The molecule has 4 rings (SSSR count). The zero-order chi connectivity index (χ0) is 26.6. The summed E-state index contributed by atoms with van der Waals surface area (Å²) in [5.41, 5.74) is -0.654. The van der Waals surface area contributed by atoms with Crippen molar-refractivity contribution in [1.29, 1.82) is 0 Å². The number of alkyl halides is 3. The van der Waals surface area contributed by atoms with E-state index in [1.54, 1.807) is 48.5 Å². The van der Waals surface area contributed by atoms with Crippen molar-refractivity contribution in [2.45, 2.75) is 22.9 Å². The van der Waals surface area contributed by atoms with Crippen LogP contribution in [0.5, 0.6) is 11.5 Å². The number of nitrogens with zero attached hydrogens (tertiary/aromatic N) is 1. The molecule has 1 amide bonds. The minimum absolute atomic E-state index is 0.0176. The first kappa shape index (κ1) is 25.8. The van der Waals surface area contributed by atoms with E-state index in [9.17, 15) is 28.1 Å². The lowest BCUT2D eigenvalue weighted by atomic mass is 10.1. The molecule has 0 unspecified atom stereocenters. The van der Waals surface area contributed by atoms with Gasteiger partial charge < -0.3 is 10.1 Å². The quantitative estimate of drug-likeness (QED) is 0.195. The van der Waals surface area contributed by atoms with E-state index in [-0.39, 0.29) is 22.7 Å². The molecule has 1 N–H and O–H groups in total. The van der Waals surface area contributed by atoms with Gasteiger partial charge in [0.15, 0.2) is 5.75 Å². The van der Waals surface area contributed by atoms with Crippen molar-refractivity contribution in [3.8, 4) is 11.5 Å². The number of halogens is 3. The van der Waals surface area contributed by atoms with Crippen molar-refractivity contribution in [2.24, 2.45) is 0 Å². The maximum absolute atomic E-state index is 13.4. The lowest BCUT2D eigenvalue weighted by Gasteiger charge is -2.15. The van der Waals surface area contributed by atoms with Gasteiger partial charge in [0.25, 0.3) is 11.6 Å². The smallest absolute Gasteiger partial charge is 0.416 e. The average molecular weight is 525 g/mol. The molecule has 0 heterocycles. The minimum atomic E-state index is -4.66. The van der Waals surface area contributed by atoms with Gasteiger partial charge in [0.1, 0.15) is 5.75 Å². The van der Waals surface area contributed by atoms with Crippen LogP contribution in [0.25, 0.3) is 0 Å². The normalized spacial score (nSPS) is 11.1. The second-order valence-electron chi connectivity index (χ2n) is 7.93. The average Bonchev–Trinajstić information content (AvgIpc) is 2.86. The van der Waals surface area contributed by atoms with Gasteiger partial charge in [0, 0.05) is 16.5 Å². The summed E-state index contributed by atoms with van der Waals surface area (Å²) in [5, 5.41) is 14.1. The largest absolute Gasteiger partial charge is 0.455 e. The summed E-state index contributed by atoms with van der Waals surface area (Å²) in [6.07, 6.45) is -4.66. The molecule has 0 saturated heterocycles. The Morgan fingerprint density at radius 1 is 0.946 bits per heavy atom. The van der Waals surface area contributed by atoms with Crippen LogP contribution in [-0.2, 0) is 6.18 Å². The Hall–Kier alpha value is -4.31. The van der Waals surface area contributed by atoms with Gasteiger partial charge in [0.05, 0.1) is 21.1 Å². The van der Waals surface area contributed by atoms with Crippen molar-refractivity contribution in [2.75, 3.05) is 5.32 Å². The number of carbonyl (C=O) groups is 1. The number of rotatable bonds is 7. The lowest BCUT2D eigenvalue weighted by molar-refractivity contribution is -0.387. The molecule has 0 aliphatic rings. The molecule has 0 atom stereocenters. The number of benzene rings is 4. The fourth-order valence-electron chi connectivity index (χ4n) is 3.32. The molecule has 0 aliphatic carbocycles. The summed E-state index contributed by atoms with van der Waals surface area (Å²) >= 11 is 1.16. The number of hydrogen-bond acceptors (Lipinski definition) is 5. The number of amides is 1. The molecule has 37 heavy (non-hydrogen) atoms. The second kappa shape index (κ2) is 10.8. The topological polar surface area (TPSA) is 81.5 Å². The van der Waals surface area contributed by atoms with Gasteiger partial charge in [0.2, 0.25) is 0 Å². The molecule has 4 aromatic rings. The molecule has 0 aromatic heterocycles. The summed E-state index contributed by atoms with van der Waals surface area (Å²) in [6.45, 7) is 1.87. The summed E-state index contributed by atoms with van der Waals surface area (Å²) in [5.74, 6) is -0.484. The molecule has 0 bridgehead atoms. The first-order valence-electron chi connectivity index (χ1n) is 10.9. The Bertz CT molecular complexity index is 1440. The Balaban J connectivity index is 1.65. The highest BCUT2D eigenvalue weighted by Gasteiger charge is 2.31. The fraction of sp³-hybridized carbons (Fsp3) is 0.0741. The number of aryl methyl sites for hydroxylation is 1. The Labute approximate surface area is 214 Å². The number of anilines is 1. The molecule has 188 valence electrons. The molecule has 10 heteroatoms. The first-order valence-corrected chi connectivity index (χ1v) is 11.7. The number of ether oxygens (including phenoxy) is 1. The third-order valence-corrected chi connectivity index (χ3v) is 6.27. The Morgan fingerprint density at radius 3 is 2.30 bits per heavy atom. The van der Waals surface area contributed by atoms with E-state index < -0.39 is 22.6 Å². The maximum atomic E-state index is 13.4. The Morgan fingerprint density at radius 2 is 1.65 bits per heavy atom. The molecule has 6 nitrogen and oxygen atoms in total. The molecule has 4 aromatic carbocycles. The zero-order valence-corrected chi connectivity index (χ0v) is 20.1. The van der Waals surface area contributed by atoms with Crippen molar-refractivity contribution in [3.63, 3.8) is 0 Å². The SMILES string of the molecule is Cc1ccc(Oc2ccc(C(F)(F)F)cc2NC(=O)c2ccc(Sc3ccccc3)c([N+](=O)[O-])c2)cc1. The fourth-order valence-corrected chi connectivity index (χ4v) is 4.25. The van der Waals surface area contributed by atoms with E-state index >= 15 is 0 Å². The van der Waals surface area contributed by atoms with Crippen LogP contribution in [0, 0.1) is 17.0 Å². The van der Waals surface area contributed by atoms with Gasteiger partial charge >= 0.3 is 6.18 Å². The number of nitro benzene ring substituents is 1. The predicted octanol–water partition coefficient (Wildman–Crippen LogP) is 8.12. The van der Waals surface area contributed by atoms with Crippen molar-refractivity contribution in [1.82, 2.24) is 0 Å². The van der Waals surface area contributed by atoms with E-state index in [4.69, 9.17) is 4.74 Å². The molecule has 0 spiro atoms. The van der Waals surface area contributed by atoms with Crippen molar-refractivity contribution < 1.29 is 27.6 Å². The van der Waals surface area contributed by atoms with E-state index in [0.717, 1.165) is 46.5 Å². The second-order valence-corrected chi connectivity index (χ2v) is 9.05. The zero-order valence-electron chi connectivity index (χ0n) is 19.3. The highest BCUT2D eigenvalue weighted by Crippen LogP contribution is 2.38. The predicted molar refractivity (Wildman–Crippen MR) is 134 cm³/mol. The summed E-state index contributed by atoms with van der Waals surface area (Å²) in [4.78, 5) is 25.2. The number of carbonyl (C=O) groups excluding carboxylic acids is 1. The van der Waals surface area contributed by atoms with E-state index in [2.05, 4.69) is 5.32 Å². The number of hydrogen-bond donors (Lipinski definition) is 1. The minimum Gasteiger partial charge on any atom is -0.455 e. The molecule has 0 fully saturated rings. The van der Waals surface area contributed by atoms with Crippen LogP contribution < -0.4 is 10.1 Å². The lowest BCUT2D eigenvalue weighted by Crippen LogP contribution is -2.14. The molecular weight excluding hydrogens is 505 g/mol. The number of nitro groups is 1. The monoisotopic (exact) mass is 524 g/mol. The Kier molecular flexibility index (Phi) is 7.49. The van der Waals surface area contributed by atoms with Gasteiger partial charge in [-0.15, -0.1) is 0 Å². The molecule has 0 aliphatic heterocycles. The van der Waals surface area contributed by atoms with Crippen LogP contribution in [0.4, 0.5) is 24.5 Å². The van der Waals surface area contributed by atoms with Crippen LogP contribution in [0.1, 0.15) is 21.5 Å². The van der Waals surface area contributed by atoms with Gasteiger partial charge in [-0.1, -0.05) is 47.7 Å². The van der Waals surface area contributed by atoms with E-state index in [0.29, 0.717) is 10.6 Å². The van der Waals surface area contributed by atoms with Crippen molar-refractivity contribution in [3.05, 3.63) is 118 Å². The van der Waals surface area contributed by atoms with Gasteiger partial charge in [-0.2, -0.15) is 13.2 Å². The third kappa shape index (κ3) is 6.47. The van der Waals surface area contributed by atoms with Crippen LogP contribution in [-0.4, -0.2) is 10.8 Å². The standard InChI is InChI=1S/C27H19F3N2O4S/c1-17-7-11-20(12-8-17)36-24-13-10-19(27(28,29)30)16-22(24)31-26(33)18-9-14-25(23(15-18)32(34)35)37-21-5-3-2-4-6-21/h2-16H,1H3,(H,31,33). The summed E-state index contributed by atoms with van der Waals surface area (Å²) in [6, 6.07) is 22.4. The molecule has 0 radical (unpaired) electrons. The summed E-state index contributed by atoms with van der Waals surface area (Å²) < 4.78 is 45.8. The molecule has 0 saturated carbocycles. The van der Waals surface area contributed by atoms with Crippen molar-refractivity contribution >= 4 is 29.0 Å². The summed E-state index contributed by atoms with van der Waals surface area (Å²) in [7, 11) is 0. The number of nitrogens with one attached hydrogen (secondary N) is 1. The highest BCUT2D eigenvalue weighted by atomic mass is 32.2. The van der Waals surface area contributed by atoms with Crippen LogP contribution in [0.3, 0.4) is 0 Å². The maximum Gasteiger partial charge on any atom is 0.416 e. The van der Waals surface area contributed by atoms with Crippen LogP contribution in [0.2, 0.25) is 0 Å².